The number of rotatable bonds is 6. The van der Waals surface area contributed by atoms with Crippen LogP contribution in [0.5, 0.6) is 5.75 Å². The zero-order valence-corrected chi connectivity index (χ0v) is 13.5. The number of carbonyl (C=O) groups is 1. The van der Waals surface area contributed by atoms with E-state index in [1.165, 1.54) is 0 Å². The van der Waals surface area contributed by atoms with Crippen molar-refractivity contribution in [2.24, 2.45) is 7.05 Å². The van der Waals surface area contributed by atoms with Crippen LogP contribution in [-0.2, 0) is 18.4 Å². The highest BCUT2D eigenvalue weighted by molar-refractivity contribution is 5.92. The van der Waals surface area contributed by atoms with Crippen LogP contribution in [0.3, 0.4) is 0 Å². The Morgan fingerprint density at radius 1 is 1.39 bits per heavy atom. The summed E-state index contributed by atoms with van der Waals surface area (Å²) < 4.78 is 6.89. The summed E-state index contributed by atoms with van der Waals surface area (Å²) >= 11 is 0. The number of hydrogen-bond donors (Lipinski definition) is 0. The van der Waals surface area contributed by atoms with Gasteiger partial charge < -0.3 is 9.64 Å². The second-order valence-corrected chi connectivity index (χ2v) is 5.83. The minimum absolute atomic E-state index is 0.0483. The summed E-state index contributed by atoms with van der Waals surface area (Å²) in [5.41, 5.74) is 2.04. The standard InChI is InChI=1S/C18H21N3O2/c1-20-12-15(11-19-20)5-10-18(22)21(16-6-7-16)13-14-3-8-17(23-2)9-4-14/h3-5,8-12,16H,6-7,13H2,1-2H3. The summed E-state index contributed by atoms with van der Waals surface area (Å²) in [6.45, 7) is 0.630. The quantitative estimate of drug-likeness (QED) is 0.771. The van der Waals surface area contributed by atoms with Gasteiger partial charge in [0.1, 0.15) is 5.75 Å². The smallest absolute Gasteiger partial charge is 0.247 e. The van der Waals surface area contributed by atoms with Crippen LogP contribution >= 0.6 is 0 Å². The molecule has 1 heterocycles. The summed E-state index contributed by atoms with van der Waals surface area (Å²) in [4.78, 5) is 14.5. The summed E-state index contributed by atoms with van der Waals surface area (Å²) in [6.07, 6.45) is 9.26. The van der Waals surface area contributed by atoms with Gasteiger partial charge in [0.2, 0.25) is 5.91 Å². The van der Waals surface area contributed by atoms with Gasteiger partial charge in [-0.1, -0.05) is 12.1 Å². The van der Waals surface area contributed by atoms with Crippen molar-refractivity contribution < 1.29 is 9.53 Å². The van der Waals surface area contributed by atoms with Gasteiger partial charge in [-0.3, -0.25) is 9.48 Å². The van der Waals surface area contributed by atoms with Crippen molar-refractivity contribution in [3.8, 4) is 5.75 Å². The van der Waals surface area contributed by atoms with E-state index in [2.05, 4.69) is 5.10 Å². The molecule has 0 atom stereocenters. The zero-order valence-electron chi connectivity index (χ0n) is 13.5. The monoisotopic (exact) mass is 311 g/mol. The van der Waals surface area contributed by atoms with Crippen LogP contribution in [-0.4, -0.2) is 33.7 Å². The van der Waals surface area contributed by atoms with E-state index in [0.717, 1.165) is 29.7 Å². The molecular formula is C18H21N3O2. The first kappa shape index (κ1) is 15.3. The molecule has 1 aliphatic rings. The number of aromatic nitrogens is 2. The molecule has 0 bridgehead atoms. The van der Waals surface area contributed by atoms with Crippen LogP contribution < -0.4 is 4.74 Å². The summed E-state index contributed by atoms with van der Waals surface area (Å²) in [5.74, 6) is 0.877. The highest BCUT2D eigenvalue weighted by Crippen LogP contribution is 2.29. The average Bonchev–Trinajstić information content (AvgIpc) is 3.32. The third-order valence-corrected chi connectivity index (χ3v) is 3.93. The molecule has 0 N–H and O–H groups in total. The van der Waals surface area contributed by atoms with Gasteiger partial charge in [0.15, 0.2) is 0 Å². The number of ether oxygens (including phenoxy) is 1. The summed E-state index contributed by atoms with van der Waals surface area (Å²) in [6, 6.07) is 8.23. The number of hydrogen-bond acceptors (Lipinski definition) is 3. The number of carbonyl (C=O) groups excluding carboxylic acids is 1. The summed E-state index contributed by atoms with van der Waals surface area (Å²) in [7, 11) is 3.51. The van der Waals surface area contributed by atoms with Gasteiger partial charge in [0, 0.05) is 37.5 Å². The number of amides is 1. The van der Waals surface area contributed by atoms with Crippen molar-refractivity contribution >= 4 is 12.0 Å². The van der Waals surface area contributed by atoms with Gasteiger partial charge >= 0.3 is 0 Å². The lowest BCUT2D eigenvalue weighted by molar-refractivity contribution is -0.127. The van der Waals surface area contributed by atoms with E-state index in [1.54, 1.807) is 24.1 Å². The van der Waals surface area contributed by atoms with E-state index in [4.69, 9.17) is 4.74 Å². The Bertz CT molecular complexity index is 699. The molecule has 1 aromatic heterocycles. The third kappa shape index (κ3) is 4.00. The molecule has 5 heteroatoms. The zero-order chi connectivity index (χ0) is 16.2. The van der Waals surface area contributed by atoms with Crippen molar-refractivity contribution in [2.75, 3.05) is 7.11 Å². The summed E-state index contributed by atoms with van der Waals surface area (Å²) in [5, 5.41) is 4.10. The molecule has 1 amide bonds. The topological polar surface area (TPSA) is 47.4 Å². The molecule has 2 aromatic rings. The number of aryl methyl sites for hydroxylation is 1. The Labute approximate surface area is 136 Å². The maximum absolute atomic E-state index is 12.5. The van der Waals surface area contributed by atoms with Crippen LogP contribution in [0.15, 0.2) is 42.7 Å². The van der Waals surface area contributed by atoms with Gasteiger partial charge in [0.25, 0.3) is 0 Å². The minimum atomic E-state index is 0.0483. The molecule has 23 heavy (non-hydrogen) atoms. The van der Waals surface area contributed by atoms with E-state index >= 15 is 0 Å². The molecule has 120 valence electrons. The van der Waals surface area contributed by atoms with Crippen LogP contribution in [0.1, 0.15) is 24.0 Å². The lowest BCUT2D eigenvalue weighted by Gasteiger charge is -2.21. The van der Waals surface area contributed by atoms with Crippen LogP contribution in [0.25, 0.3) is 6.08 Å². The van der Waals surface area contributed by atoms with Crippen LogP contribution in [0.2, 0.25) is 0 Å². The maximum atomic E-state index is 12.5. The Hall–Kier alpha value is -2.56. The molecule has 1 aliphatic carbocycles. The predicted molar refractivity (Wildman–Crippen MR) is 88.8 cm³/mol. The Morgan fingerprint density at radius 2 is 2.13 bits per heavy atom. The van der Waals surface area contributed by atoms with E-state index in [1.807, 2.05) is 48.5 Å². The number of nitrogens with zero attached hydrogens (tertiary/aromatic N) is 3. The Kier molecular flexibility index (Phi) is 4.46. The fourth-order valence-electron chi connectivity index (χ4n) is 2.49. The van der Waals surface area contributed by atoms with E-state index in [-0.39, 0.29) is 5.91 Å². The third-order valence-electron chi connectivity index (χ3n) is 3.93. The van der Waals surface area contributed by atoms with Gasteiger partial charge in [0.05, 0.1) is 13.3 Å². The molecule has 1 aromatic carbocycles. The van der Waals surface area contributed by atoms with Gasteiger partial charge in [-0.25, -0.2) is 0 Å². The maximum Gasteiger partial charge on any atom is 0.247 e. The molecule has 0 radical (unpaired) electrons. The number of methoxy groups -OCH3 is 1. The Balaban J connectivity index is 1.68. The van der Waals surface area contributed by atoms with Crippen LogP contribution in [0, 0.1) is 0 Å². The average molecular weight is 311 g/mol. The fourth-order valence-corrected chi connectivity index (χ4v) is 2.49. The first-order valence-corrected chi connectivity index (χ1v) is 7.76. The van der Waals surface area contributed by atoms with E-state index in [9.17, 15) is 4.79 Å². The van der Waals surface area contributed by atoms with Gasteiger partial charge in [-0.15, -0.1) is 0 Å². The fraction of sp³-hybridized carbons (Fsp3) is 0.333. The normalized spacial score (nSPS) is 14.2. The molecular weight excluding hydrogens is 290 g/mol. The van der Waals surface area contributed by atoms with E-state index < -0.39 is 0 Å². The SMILES string of the molecule is COc1ccc(CN(C(=O)C=Cc2cnn(C)c2)C2CC2)cc1. The van der Waals surface area contributed by atoms with Crippen molar-refractivity contribution in [3.05, 3.63) is 53.9 Å². The Morgan fingerprint density at radius 3 is 2.70 bits per heavy atom. The lowest BCUT2D eigenvalue weighted by atomic mass is 10.2. The minimum Gasteiger partial charge on any atom is -0.497 e. The first-order valence-electron chi connectivity index (χ1n) is 7.76. The molecule has 0 spiro atoms. The van der Waals surface area contributed by atoms with Crippen LogP contribution in [0.4, 0.5) is 0 Å². The van der Waals surface area contributed by atoms with Crippen molar-refractivity contribution in [3.63, 3.8) is 0 Å². The first-order chi connectivity index (χ1) is 11.2. The second kappa shape index (κ2) is 6.69. The largest absolute Gasteiger partial charge is 0.497 e. The second-order valence-electron chi connectivity index (χ2n) is 5.83. The predicted octanol–water partition coefficient (Wildman–Crippen LogP) is 2.63. The van der Waals surface area contributed by atoms with E-state index in [0.29, 0.717) is 12.6 Å². The van der Waals surface area contributed by atoms with Crippen molar-refractivity contribution in [2.45, 2.75) is 25.4 Å². The van der Waals surface area contributed by atoms with Crippen molar-refractivity contribution in [1.29, 1.82) is 0 Å². The molecule has 5 nitrogen and oxygen atoms in total. The van der Waals surface area contributed by atoms with Gasteiger partial charge in [-0.05, 0) is 36.6 Å². The molecule has 0 aliphatic heterocycles. The number of benzene rings is 1. The van der Waals surface area contributed by atoms with Gasteiger partial charge in [-0.2, -0.15) is 5.10 Å². The molecule has 0 saturated heterocycles. The molecule has 3 rings (SSSR count). The lowest BCUT2D eigenvalue weighted by Crippen LogP contribution is -2.31. The molecule has 1 saturated carbocycles. The molecule has 0 unspecified atom stereocenters. The molecule has 1 fully saturated rings. The highest BCUT2D eigenvalue weighted by atomic mass is 16.5. The van der Waals surface area contributed by atoms with Crippen molar-refractivity contribution in [1.82, 2.24) is 14.7 Å². The highest BCUT2D eigenvalue weighted by Gasteiger charge is 2.31.